The standard InChI is InChI=1S/C12H14BrN3/c1-8-7-15-16(12(8)14)9(2)10-3-5-11(13)6-4-10/h3-7,9H,14H2,1-2H3. The van der Waals surface area contributed by atoms with Gasteiger partial charge >= 0.3 is 0 Å². The van der Waals surface area contributed by atoms with Gasteiger partial charge in [0.05, 0.1) is 12.2 Å². The topological polar surface area (TPSA) is 43.8 Å². The van der Waals surface area contributed by atoms with Crippen LogP contribution in [0.15, 0.2) is 34.9 Å². The van der Waals surface area contributed by atoms with Crippen LogP contribution in [-0.4, -0.2) is 9.78 Å². The van der Waals surface area contributed by atoms with Crippen LogP contribution in [0.4, 0.5) is 5.82 Å². The lowest BCUT2D eigenvalue weighted by Gasteiger charge is -2.14. The third kappa shape index (κ3) is 1.97. The summed E-state index contributed by atoms with van der Waals surface area (Å²) in [6, 6.07) is 8.36. The van der Waals surface area contributed by atoms with Crippen molar-refractivity contribution in [2.24, 2.45) is 0 Å². The van der Waals surface area contributed by atoms with E-state index < -0.39 is 0 Å². The maximum Gasteiger partial charge on any atom is 0.125 e. The van der Waals surface area contributed by atoms with Crippen LogP contribution < -0.4 is 5.73 Å². The Balaban J connectivity index is 2.35. The Morgan fingerprint density at radius 1 is 1.31 bits per heavy atom. The number of rotatable bonds is 2. The first kappa shape index (κ1) is 11.2. The van der Waals surface area contributed by atoms with Crippen LogP contribution in [0.2, 0.25) is 0 Å². The molecule has 0 amide bonds. The van der Waals surface area contributed by atoms with E-state index in [1.807, 2.05) is 23.7 Å². The summed E-state index contributed by atoms with van der Waals surface area (Å²) < 4.78 is 2.92. The van der Waals surface area contributed by atoms with Gasteiger partial charge in [0.25, 0.3) is 0 Å². The molecule has 1 atom stereocenters. The number of hydrogen-bond acceptors (Lipinski definition) is 2. The number of aromatic nitrogens is 2. The van der Waals surface area contributed by atoms with Crippen molar-refractivity contribution < 1.29 is 0 Å². The third-order valence-corrected chi connectivity index (χ3v) is 3.27. The summed E-state index contributed by atoms with van der Waals surface area (Å²) in [4.78, 5) is 0. The van der Waals surface area contributed by atoms with Gasteiger partial charge in [0.2, 0.25) is 0 Å². The number of nitrogens with two attached hydrogens (primary N) is 1. The second-order valence-corrected chi connectivity index (χ2v) is 4.80. The Morgan fingerprint density at radius 2 is 1.94 bits per heavy atom. The number of benzene rings is 1. The van der Waals surface area contributed by atoms with Crippen LogP contribution in [0, 0.1) is 6.92 Å². The first-order chi connectivity index (χ1) is 7.59. The van der Waals surface area contributed by atoms with Gasteiger partial charge in [0, 0.05) is 10.0 Å². The molecule has 0 aliphatic rings. The molecule has 3 nitrogen and oxygen atoms in total. The molecular formula is C12H14BrN3. The van der Waals surface area contributed by atoms with Gasteiger partial charge in [-0.25, -0.2) is 4.68 Å². The average Bonchev–Trinajstić information content (AvgIpc) is 2.60. The van der Waals surface area contributed by atoms with Crippen molar-refractivity contribution in [1.82, 2.24) is 9.78 Å². The van der Waals surface area contributed by atoms with Crippen molar-refractivity contribution >= 4 is 21.7 Å². The van der Waals surface area contributed by atoms with E-state index >= 15 is 0 Å². The second-order valence-electron chi connectivity index (χ2n) is 3.88. The van der Waals surface area contributed by atoms with E-state index in [9.17, 15) is 0 Å². The molecule has 0 spiro atoms. The number of hydrogen-bond donors (Lipinski definition) is 1. The monoisotopic (exact) mass is 279 g/mol. The van der Waals surface area contributed by atoms with Crippen LogP contribution in [0.1, 0.15) is 24.1 Å². The molecule has 1 aromatic heterocycles. The highest BCUT2D eigenvalue weighted by Crippen LogP contribution is 2.23. The fourth-order valence-corrected chi connectivity index (χ4v) is 1.91. The first-order valence-electron chi connectivity index (χ1n) is 5.14. The average molecular weight is 280 g/mol. The summed E-state index contributed by atoms with van der Waals surface area (Å²) in [6.45, 7) is 4.05. The fraction of sp³-hybridized carbons (Fsp3) is 0.250. The van der Waals surface area contributed by atoms with E-state index in [-0.39, 0.29) is 6.04 Å². The van der Waals surface area contributed by atoms with Gasteiger partial charge in [-0.1, -0.05) is 28.1 Å². The van der Waals surface area contributed by atoms with Gasteiger partial charge in [-0.05, 0) is 31.5 Å². The molecule has 1 heterocycles. The van der Waals surface area contributed by atoms with Crippen molar-refractivity contribution in [1.29, 1.82) is 0 Å². The summed E-state index contributed by atoms with van der Waals surface area (Å²) in [5.41, 5.74) is 8.17. The van der Waals surface area contributed by atoms with Crippen molar-refractivity contribution in [3.63, 3.8) is 0 Å². The maximum absolute atomic E-state index is 5.96. The summed E-state index contributed by atoms with van der Waals surface area (Å²) in [5, 5.41) is 4.29. The van der Waals surface area contributed by atoms with Crippen LogP contribution >= 0.6 is 15.9 Å². The lowest BCUT2D eigenvalue weighted by molar-refractivity contribution is 0.573. The van der Waals surface area contributed by atoms with Gasteiger partial charge in [0.15, 0.2) is 0 Å². The Bertz CT molecular complexity index is 487. The maximum atomic E-state index is 5.96. The summed E-state index contributed by atoms with van der Waals surface area (Å²) in [6.07, 6.45) is 1.80. The molecule has 2 aromatic rings. The molecule has 1 aromatic carbocycles. The molecule has 0 aliphatic heterocycles. The predicted octanol–water partition coefficient (Wildman–Crippen LogP) is 3.15. The Labute approximate surface area is 103 Å². The summed E-state index contributed by atoms with van der Waals surface area (Å²) in [5.74, 6) is 0.732. The van der Waals surface area contributed by atoms with Gasteiger partial charge in [-0.2, -0.15) is 5.10 Å². The minimum Gasteiger partial charge on any atom is -0.384 e. The van der Waals surface area contributed by atoms with Gasteiger partial charge in [0.1, 0.15) is 5.82 Å². The second kappa shape index (κ2) is 4.29. The van der Waals surface area contributed by atoms with E-state index in [2.05, 4.69) is 40.1 Å². The number of nitrogens with zero attached hydrogens (tertiary/aromatic N) is 2. The van der Waals surface area contributed by atoms with E-state index in [1.54, 1.807) is 6.20 Å². The molecule has 0 fully saturated rings. The molecule has 0 radical (unpaired) electrons. The largest absolute Gasteiger partial charge is 0.384 e. The zero-order valence-corrected chi connectivity index (χ0v) is 10.9. The molecule has 1 unspecified atom stereocenters. The molecule has 2 rings (SSSR count). The quantitative estimate of drug-likeness (QED) is 0.918. The van der Waals surface area contributed by atoms with E-state index in [0.717, 1.165) is 15.9 Å². The molecule has 2 N–H and O–H groups in total. The summed E-state index contributed by atoms with van der Waals surface area (Å²) >= 11 is 3.42. The molecule has 0 saturated carbocycles. The highest BCUT2D eigenvalue weighted by molar-refractivity contribution is 9.10. The van der Waals surface area contributed by atoms with Crippen molar-refractivity contribution in [2.45, 2.75) is 19.9 Å². The molecular weight excluding hydrogens is 266 g/mol. The van der Waals surface area contributed by atoms with E-state index in [0.29, 0.717) is 0 Å². The Morgan fingerprint density at radius 3 is 2.44 bits per heavy atom. The summed E-state index contributed by atoms with van der Waals surface area (Å²) in [7, 11) is 0. The zero-order chi connectivity index (χ0) is 11.7. The predicted molar refractivity (Wildman–Crippen MR) is 69.3 cm³/mol. The van der Waals surface area contributed by atoms with Crippen molar-refractivity contribution in [3.8, 4) is 0 Å². The van der Waals surface area contributed by atoms with Crippen LogP contribution in [0.3, 0.4) is 0 Å². The Hall–Kier alpha value is -1.29. The lowest BCUT2D eigenvalue weighted by Crippen LogP contribution is -2.11. The zero-order valence-electron chi connectivity index (χ0n) is 9.31. The Kier molecular flexibility index (Phi) is 3.01. The van der Waals surface area contributed by atoms with Gasteiger partial charge in [-0.15, -0.1) is 0 Å². The highest BCUT2D eigenvalue weighted by atomic mass is 79.9. The van der Waals surface area contributed by atoms with E-state index in [4.69, 9.17) is 5.73 Å². The molecule has 16 heavy (non-hydrogen) atoms. The van der Waals surface area contributed by atoms with Crippen LogP contribution in [0.25, 0.3) is 0 Å². The third-order valence-electron chi connectivity index (χ3n) is 2.75. The van der Waals surface area contributed by atoms with Crippen LogP contribution in [0.5, 0.6) is 0 Å². The van der Waals surface area contributed by atoms with Crippen molar-refractivity contribution in [3.05, 3.63) is 46.1 Å². The number of anilines is 1. The lowest BCUT2D eigenvalue weighted by atomic mass is 10.1. The first-order valence-corrected chi connectivity index (χ1v) is 5.94. The molecule has 0 saturated heterocycles. The minimum absolute atomic E-state index is 0.154. The number of nitrogen functional groups attached to an aromatic ring is 1. The molecule has 0 aliphatic carbocycles. The SMILES string of the molecule is Cc1cnn(C(C)c2ccc(Br)cc2)c1N. The minimum atomic E-state index is 0.154. The van der Waals surface area contributed by atoms with Gasteiger partial charge < -0.3 is 5.73 Å². The number of aryl methyl sites for hydroxylation is 1. The smallest absolute Gasteiger partial charge is 0.125 e. The van der Waals surface area contributed by atoms with Crippen molar-refractivity contribution in [2.75, 3.05) is 5.73 Å². The molecule has 84 valence electrons. The van der Waals surface area contributed by atoms with E-state index in [1.165, 1.54) is 5.56 Å². The normalized spacial score (nSPS) is 12.7. The van der Waals surface area contributed by atoms with Crippen LogP contribution in [-0.2, 0) is 0 Å². The number of halogens is 1. The fourth-order valence-electron chi connectivity index (χ4n) is 1.65. The highest BCUT2D eigenvalue weighted by Gasteiger charge is 2.12. The molecule has 4 heteroatoms. The molecule has 0 bridgehead atoms. The van der Waals surface area contributed by atoms with Gasteiger partial charge in [-0.3, -0.25) is 0 Å².